The summed E-state index contributed by atoms with van der Waals surface area (Å²) in [5, 5.41) is 16.0. The van der Waals surface area contributed by atoms with Crippen LogP contribution in [-0.4, -0.2) is 60.8 Å². The van der Waals surface area contributed by atoms with E-state index in [2.05, 4.69) is 40.9 Å². The number of halogens is 1. The molecule has 0 spiro atoms. The monoisotopic (exact) mass is 761 g/mol. The van der Waals surface area contributed by atoms with Crippen molar-refractivity contribution in [3.05, 3.63) is 101 Å². The summed E-state index contributed by atoms with van der Waals surface area (Å²) in [6, 6.07) is 22.3. The molecule has 3 aromatic carbocycles. The van der Waals surface area contributed by atoms with Gasteiger partial charge in [-0.2, -0.15) is 4.98 Å². The molecular weight excluding hydrogens is 722 g/mol. The van der Waals surface area contributed by atoms with Gasteiger partial charge in [-0.15, -0.1) is 0 Å². The molecule has 2 heterocycles. The molecule has 16 heteroatoms. The highest BCUT2D eigenvalue weighted by Crippen LogP contribution is 2.28. The van der Waals surface area contributed by atoms with Gasteiger partial charge in [0.2, 0.25) is 15.8 Å². The summed E-state index contributed by atoms with van der Waals surface area (Å²) in [5.74, 6) is -0.0377. The fourth-order valence-electron chi connectivity index (χ4n) is 5.20. The summed E-state index contributed by atoms with van der Waals surface area (Å²) in [6.07, 6.45) is 8.02. The highest BCUT2D eigenvalue weighted by Gasteiger charge is 2.28. The summed E-state index contributed by atoms with van der Waals surface area (Å²) >= 11 is 6.33. The highest BCUT2D eigenvalue weighted by atomic mass is 35.5. The number of para-hydroxylation sites is 1. The second-order valence-electron chi connectivity index (χ2n) is 11.9. The minimum absolute atomic E-state index is 0.0930. The molecule has 1 amide bonds. The number of sulfone groups is 1. The molecule has 0 aliphatic rings. The zero-order valence-electron chi connectivity index (χ0n) is 29.1. The number of nitrogens with one attached hydrogen (secondary N) is 3. The summed E-state index contributed by atoms with van der Waals surface area (Å²) in [4.78, 5) is 33.4. The van der Waals surface area contributed by atoms with Crippen molar-refractivity contribution in [2.24, 2.45) is 0 Å². The van der Waals surface area contributed by atoms with E-state index >= 15 is 0 Å². The van der Waals surface area contributed by atoms with Crippen molar-refractivity contribution in [1.29, 1.82) is 0 Å². The van der Waals surface area contributed by atoms with Gasteiger partial charge in [0.25, 0.3) is 16.8 Å². The quantitative estimate of drug-likeness (QED) is 0.0539. The molecular formula is C37H40ClN7O7S. The van der Waals surface area contributed by atoms with Gasteiger partial charge in [0, 0.05) is 12.7 Å². The lowest BCUT2D eigenvalue weighted by Crippen LogP contribution is -2.19. The Morgan fingerprint density at radius 2 is 1.49 bits per heavy atom. The maximum absolute atomic E-state index is 12.8. The molecule has 0 radical (unpaired) electrons. The smallest absolute Gasteiger partial charge is 0.310 e. The molecule has 278 valence electrons. The zero-order valence-corrected chi connectivity index (χ0v) is 30.7. The topological polar surface area (TPSA) is 188 Å². The minimum atomic E-state index is -3.88. The van der Waals surface area contributed by atoms with Crippen molar-refractivity contribution in [1.82, 2.24) is 25.6 Å². The largest absolute Gasteiger partial charge is 0.473 e. The third-order valence-corrected chi connectivity index (χ3v) is 9.91. The molecule has 0 unspecified atom stereocenters. The van der Waals surface area contributed by atoms with Gasteiger partial charge in [-0.1, -0.05) is 86.2 Å². The maximum atomic E-state index is 12.8. The van der Waals surface area contributed by atoms with E-state index in [0.29, 0.717) is 41.9 Å². The minimum Gasteiger partial charge on any atom is -0.473 e. The molecule has 0 saturated carbocycles. The average molecular weight is 762 g/mol. The Morgan fingerprint density at radius 1 is 0.811 bits per heavy atom. The van der Waals surface area contributed by atoms with Gasteiger partial charge in [0.15, 0.2) is 5.82 Å². The van der Waals surface area contributed by atoms with Gasteiger partial charge < -0.3 is 25.4 Å². The molecule has 0 fully saturated rings. The van der Waals surface area contributed by atoms with Crippen LogP contribution in [0.25, 0.3) is 0 Å². The molecule has 53 heavy (non-hydrogen) atoms. The third-order valence-electron chi connectivity index (χ3n) is 7.98. The van der Waals surface area contributed by atoms with Crippen molar-refractivity contribution < 1.29 is 32.1 Å². The predicted molar refractivity (Wildman–Crippen MR) is 199 cm³/mol. The van der Waals surface area contributed by atoms with Gasteiger partial charge in [-0.3, -0.25) is 9.59 Å². The Balaban J connectivity index is 0.939. The van der Waals surface area contributed by atoms with Crippen LogP contribution in [-0.2, 0) is 25.8 Å². The normalized spacial score (nSPS) is 11.1. The van der Waals surface area contributed by atoms with Gasteiger partial charge in [0.1, 0.15) is 5.02 Å². The number of hydrogen-bond acceptors (Lipinski definition) is 13. The van der Waals surface area contributed by atoms with Gasteiger partial charge in [-0.25, -0.2) is 18.0 Å². The Labute approximate surface area is 312 Å². The number of ether oxygens (including phenoxy) is 2. The first kappa shape index (κ1) is 38.7. The Kier molecular flexibility index (Phi) is 14.1. The first-order valence-corrected chi connectivity index (χ1v) is 19.0. The van der Waals surface area contributed by atoms with E-state index in [1.54, 1.807) is 49.5 Å². The lowest BCUT2D eigenvalue weighted by atomic mass is 10.1. The van der Waals surface area contributed by atoms with E-state index in [0.717, 1.165) is 50.5 Å². The molecule has 5 rings (SSSR count). The van der Waals surface area contributed by atoms with E-state index in [1.165, 1.54) is 18.3 Å². The van der Waals surface area contributed by atoms with Gasteiger partial charge >= 0.3 is 5.97 Å². The highest BCUT2D eigenvalue weighted by molar-refractivity contribution is 7.91. The third kappa shape index (κ3) is 11.2. The number of aromatic nitrogens is 4. The number of nitrogens with zero attached hydrogens (tertiary/aromatic N) is 4. The molecule has 0 saturated heterocycles. The number of amides is 1. The van der Waals surface area contributed by atoms with Crippen LogP contribution in [0.3, 0.4) is 0 Å². The fraction of sp³-hybridized carbons (Fsp3) is 0.297. The Hall–Kier alpha value is -5.54. The van der Waals surface area contributed by atoms with Crippen molar-refractivity contribution in [3.8, 4) is 5.88 Å². The summed E-state index contributed by atoms with van der Waals surface area (Å²) in [5.41, 5.74) is 2.51. The van der Waals surface area contributed by atoms with Crippen molar-refractivity contribution >= 4 is 56.5 Å². The maximum Gasteiger partial charge on any atom is 0.310 e. The molecule has 0 atom stereocenters. The second kappa shape index (κ2) is 19.3. The molecule has 3 N–H and O–H groups in total. The van der Waals surface area contributed by atoms with Crippen LogP contribution in [0.1, 0.15) is 60.9 Å². The summed E-state index contributed by atoms with van der Waals surface area (Å²) in [6.45, 7) is 0.665. The molecule has 2 aromatic heterocycles. The summed E-state index contributed by atoms with van der Waals surface area (Å²) < 4.78 is 41.2. The molecule has 5 aromatic rings. The van der Waals surface area contributed by atoms with Crippen LogP contribution in [0.4, 0.5) is 23.1 Å². The first-order valence-electron chi connectivity index (χ1n) is 17.1. The van der Waals surface area contributed by atoms with E-state index in [1.807, 2.05) is 24.3 Å². The molecule has 0 bridgehead atoms. The Bertz CT molecular complexity index is 2060. The second-order valence-corrected chi connectivity index (χ2v) is 14.1. The molecule has 0 aliphatic heterocycles. The van der Waals surface area contributed by atoms with E-state index in [4.69, 9.17) is 21.1 Å². The summed E-state index contributed by atoms with van der Waals surface area (Å²) in [7, 11) is -2.32. The van der Waals surface area contributed by atoms with E-state index in [-0.39, 0.29) is 39.1 Å². The van der Waals surface area contributed by atoms with E-state index < -0.39 is 9.84 Å². The first-order chi connectivity index (χ1) is 25.7. The van der Waals surface area contributed by atoms with Crippen LogP contribution in [0.15, 0.2) is 99.6 Å². The van der Waals surface area contributed by atoms with Crippen LogP contribution >= 0.6 is 11.6 Å². The fourth-order valence-corrected chi connectivity index (χ4v) is 6.53. The number of carbonyl (C=O) groups excluding carboxylic acids is 2. The number of hydrogen-bond donors (Lipinski definition) is 3. The lowest BCUT2D eigenvalue weighted by molar-refractivity contribution is -0.142. The molecule has 14 nitrogen and oxygen atoms in total. The Morgan fingerprint density at radius 3 is 2.23 bits per heavy atom. The number of anilines is 4. The van der Waals surface area contributed by atoms with Crippen LogP contribution < -0.4 is 20.7 Å². The van der Waals surface area contributed by atoms with Crippen LogP contribution in [0.5, 0.6) is 5.88 Å². The SMILES string of the molecule is CNC(=O)c1ccccc1Nc1nc(Nc2ccc(CC(=O)OCCCCCCCCCOc3nonc3S(=O)(=O)c3ccccc3)cc2)ncc1Cl. The van der Waals surface area contributed by atoms with Gasteiger partial charge in [-0.05, 0) is 65.1 Å². The number of carbonyl (C=O) groups is 2. The van der Waals surface area contributed by atoms with E-state index in [9.17, 15) is 18.0 Å². The number of benzene rings is 3. The number of unbranched alkanes of at least 4 members (excludes halogenated alkanes) is 6. The number of esters is 1. The standard InChI is InChI=1S/C37H40ClN7O7S/c1-39-34(47)29-16-10-11-17-31(29)42-33-30(38)25-40-37(43-33)41-27-20-18-26(19-21-27)24-32(46)50-22-12-5-3-2-4-6-13-23-51-35-36(45-52-44-35)53(48,49)28-14-8-7-9-15-28/h7-11,14-21,25H,2-6,12-13,22-24H2,1H3,(H,39,47)(H2,40,41,42,43). The van der Waals surface area contributed by atoms with Gasteiger partial charge in [0.05, 0.1) is 42.0 Å². The molecule has 0 aliphatic carbocycles. The van der Waals surface area contributed by atoms with Crippen molar-refractivity contribution in [2.75, 3.05) is 30.9 Å². The number of rotatable bonds is 20. The average Bonchev–Trinajstić information content (AvgIpc) is 3.66. The predicted octanol–water partition coefficient (Wildman–Crippen LogP) is 7.09. The van der Waals surface area contributed by atoms with Crippen molar-refractivity contribution in [3.63, 3.8) is 0 Å². The zero-order chi connectivity index (χ0) is 37.5. The van der Waals surface area contributed by atoms with Crippen LogP contribution in [0.2, 0.25) is 5.02 Å². The van der Waals surface area contributed by atoms with Crippen molar-refractivity contribution in [2.45, 2.75) is 61.3 Å². The van der Waals surface area contributed by atoms with Crippen LogP contribution in [0, 0.1) is 0 Å². The lowest BCUT2D eigenvalue weighted by Gasteiger charge is -2.13.